The largest absolute Gasteiger partial charge is 0.355 e. The van der Waals surface area contributed by atoms with Crippen molar-refractivity contribution in [2.75, 3.05) is 0 Å². The maximum Gasteiger partial charge on any atom is 0.0659 e. The Hall–Kier alpha value is -3.08. The van der Waals surface area contributed by atoms with Crippen LogP contribution in [0.3, 0.4) is 0 Å². The summed E-state index contributed by atoms with van der Waals surface area (Å²) in [6.07, 6.45) is 8.05. The SMILES string of the molecule is C1=Cc2cc3ccc(cc4ccc(cc5nc(cc1n2)C=C5)[nH]4)[nH]3.[Zn].[c-]1cccs1. The van der Waals surface area contributed by atoms with Crippen molar-refractivity contribution >= 4 is 57.7 Å². The standard InChI is InChI=1S/C20H14N4.C4H3S.Zn/c1-2-14-10-16-5-6-18(23-16)12-20-8-7-19(24-20)11-17-4-3-15(22-17)9-13(1)21-14;1-2-4-5-3-1;/h1-12,21-22H;1-3H;/q;-1;. The molecular weight excluding hydrogens is 442 g/mol. The van der Waals surface area contributed by atoms with E-state index in [1.807, 2.05) is 60.0 Å². The second-order valence-electron chi connectivity index (χ2n) is 6.64. The fourth-order valence-corrected chi connectivity index (χ4v) is 3.53. The summed E-state index contributed by atoms with van der Waals surface area (Å²) in [5.41, 5.74) is 7.86. The number of fused-ring (bicyclic) bond motifs is 8. The van der Waals surface area contributed by atoms with E-state index in [1.54, 1.807) is 11.3 Å². The fourth-order valence-electron chi connectivity index (χ4n) is 3.14. The van der Waals surface area contributed by atoms with Gasteiger partial charge in [0, 0.05) is 41.5 Å². The van der Waals surface area contributed by atoms with Crippen molar-refractivity contribution in [2.24, 2.45) is 0 Å². The Balaban J connectivity index is 0.000000321. The van der Waals surface area contributed by atoms with Crippen LogP contribution in [0.15, 0.2) is 66.0 Å². The molecule has 0 aliphatic carbocycles. The Kier molecular flexibility index (Phi) is 6.17. The number of nitrogens with one attached hydrogen (secondary N) is 2. The van der Waals surface area contributed by atoms with Crippen LogP contribution >= 0.6 is 11.3 Å². The average molecular weight is 459 g/mol. The van der Waals surface area contributed by atoms with E-state index in [9.17, 15) is 0 Å². The molecule has 4 aromatic rings. The van der Waals surface area contributed by atoms with Gasteiger partial charge in [-0.15, -0.1) is 5.38 Å². The van der Waals surface area contributed by atoms with Gasteiger partial charge in [-0.25, -0.2) is 16.0 Å². The van der Waals surface area contributed by atoms with Gasteiger partial charge >= 0.3 is 0 Å². The van der Waals surface area contributed by atoms with Crippen molar-refractivity contribution in [1.82, 2.24) is 19.9 Å². The molecule has 142 valence electrons. The van der Waals surface area contributed by atoms with Gasteiger partial charge in [-0.1, -0.05) is 0 Å². The minimum absolute atomic E-state index is 0. The molecule has 30 heavy (non-hydrogen) atoms. The van der Waals surface area contributed by atoms with Crippen LogP contribution in [0.4, 0.5) is 0 Å². The van der Waals surface area contributed by atoms with E-state index in [0.717, 1.165) is 44.8 Å². The minimum Gasteiger partial charge on any atom is -0.355 e. The molecule has 4 nitrogen and oxygen atoms in total. The first-order valence-electron chi connectivity index (χ1n) is 9.24. The summed E-state index contributed by atoms with van der Waals surface area (Å²) in [7, 11) is 0. The van der Waals surface area contributed by atoms with Crippen LogP contribution in [0, 0.1) is 5.38 Å². The maximum absolute atomic E-state index is 4.62. The average Bonchev–Trinajstić information content (AvgIpc) is 3.50. The van der Waals surface area contributed by atoms with E-state index in [2.05, 4.69) is 55.6 Å². The Bertz CT molecular complexity index is 1250. The van der Waals surface area contributed by atoms with Crippen molar-refractivity contribution in [3.63, 3.8) is 0 Å². The van der Waals surface area contributed by atoms with Crippen LogP contribution in [-0.4, -0.2) is 19.9 Å². The molecule has 2 aliphatic rings. The Morgan fingerprint density at radius 3 is 1.50 bits per heavy atom. The molecule has 0 saturated carbocycles. The summed E-state index contributed by atoms with van der Waals surface area (Å²) < 4.78 is 0. The third-order valence-corrected chi connectivity index (χ3v) is 4.99. The molecule has 8 bridgehead atoms. The van der Waals surface area contributed by atoms with Gasteiger partial charge in [-0.05, 0) is 72.8 Å². The first-order valence-corrected chi connectivity index (χ1v) is 10.1. The molecule has 2 N–H and O–H groups in total. The molecule has 6 heteroatoms. The number of hydrogen-bond donors (Lipinski definition) is 2. The quantitative estimate of drug-likeness (QED) is 0.210. The van der Waals surface area contributed by atoms with Crippen molar-refractivity contribution in [2.45, 2.75) is 0 Å². The van der Waals surface area contributed by atoms with Crippen LogP contribution in [0.25, 0.3) is 46.4 Å². The third-order valence-electron chi connectivity index (χ3n) is 4.42. The zero-order valence-electron chi connectivity index (χ0n) is 16.2. The van der Waals surface area contributed by atoms with Crippen LogP contribution in [0.2, 0.25) is 0 Å². The van der Waals surface area contributed by atoms with Gasteiger partial charge in [0.15, 0.2) is 0 Å². The predicted octanol–water partition coefficient (Wildman–Crippen LogP) is 6.20. The molecule has 0 radical (unpaired) electrons. The van der Waals surface area contributed by atoms with Crippen molar-refractivity contribution in [3.8, 4) is 0 Å². The third kappa shape index (κ3) is 4.91. The molecule has 6 rings (SSSR count). The Morgan fingerprint density at radius 1 is 0.633 bits per heavy atom. The van der Waals surface area contributed by atoms with Gasteiger partial charge in [0.25, 0.3) is 0 Å². The molecule has 0 aromatic carbocycles. The fraction of sp³-hybridized carbons (Fsp3) is 0. The summed E-state index contributed by atoms with van der Waals surface area (Å²) >= 11 is 1.59. The molecule has 2 aliphatic heterocycles. The molecule has 0 amide bonds. The summed E-state index contributed by atoms with van der Waals surface area (Å²) in [5.74, 6) is 0. The molecule has 4 aromatic heterocycles. The molecule has 0 fully saturated rings. The molecule has 0 atom stereocenters. The van der Waals surface area contributed by atoms with Gasteiger partial charge < -0.3 is 21.3 Å². The summed E-state index contributed by atoms with van der Waals surface area (Å²) in [5, 5.41) is 4.89. The number of nitrogens with zero attached hydrogens (tertiary/aromatic N) is 2. The number of aromatic nitrogens is 4. The van der Waals surface area contributed by atoms with E-state index < -0.39 is 0 Å². The summed E-state index contributed by atoms with van der Waals surface area (Å²) in [6, 6.07) is 20.3. The van der Waals surface area contributed by atoms with Gasteiger partial charge in [-0.3, -0.25) is 0 Å². The van der Waals surface area contributed by atoms with E-state index in [0.29, 0.717) is 0 Å². The molecule has 0 unspecified atom stereocenters. The molecule has 6 heterocycles. The number of rotatable bonds is 0. The Morgan fingerprint density at radius 2 is 1.10 bits per heavy atom. The van der Waals surface area contributed by atoms with Crippen LogP contribution in [-0.2, 0) is 19.5 Å². The summed E-state index contributed by atoms with van der Waals surface area (Å²) in [4.78, 5) is 16.0. The first kappa shape index (κ1) is 20.2. The van der Waals surface area contributed by atoms with E-state index in [-0.39, 0.29) is 19.5 Å². The van der Waals surface area contributed by atoms with Crippen molar-refractivity contribution in [1.29, 1.82) is 0 Å². The normalized spacial score (nSPS) is 11.5. The zero-order chi connectivity index (χ0) is 19.5. The molecular formula is C24H17N4SZn-. The van der Waals surface area contributed by atoms with Crippen molar-refractivity contribution in [3.05, 3.63) is 94.2 Å². The molecule has 0 spiro atoms. The van der Waals surface area contributed by atoms with Gasteiger partial charge in [0.1, 0.15) is 0 Å². The topological polar surface area (TPSA) is 57.4 Å². The van der Waals surface area contributed by atoms with Gasteiger partial charge in [0.2, 0.25) is 0 Å². The number of thiophene rings is 1. The first-order chi connectivity index (χ1) is 14.3. The van der Waals surface area contributed by atoms with Gasteiger partial charge in [-0.2, -0.15) is 11.4 Å². The van der Waals surface area contributed by atoms with Crippen LogP contribution in [0.1, 0.15) is 22.8 Å². The van der Waals surface area contributed by atoms with E-state index >= 15 is 0 Å². The smallest absolute Gasteiger partial charge is 0.0659 e. The minimum atomic E-state index is 0. The zero-order valence-corrected chi connectivity index (χ0v) is 20.0. The number of aromatic amines is 2. The Labute approximate surface area is 190 Å². The van der Waals surface area contributed by atoms with E-state index in [1.165, 1.54) is 0 Å². The predicted molar refractivity (Wildman–Crippen MR) is 122 cm³/mol. The second kappa shape index (κ2) is 9.16. The van der Waals surface area contributed by atoms with Crippen molar-refractivity contribution < 1.29 is 19.5 Å². The second-order valence-corrected chi connectivity index (χ2v) is 7.38. The summed E-state index contributed by atoms with van der Waals surface area (Å²) in [6.45, 7) is 0. The maximum atomic E-state index is 4.62. The monoisotopic (exact) mass is 457 g/mol. The molecule has 0 saturated heterocycles. The number of H-pyrrole nitrogens is 2. The van der Waals surface area contributed by atoms with Gasteiger partial charge in [0.05, 0.1) is 22.8 Å². The van der Waals surface area contributed by atoms with Crippen LogP contribution < -0.4 is 0 Å². The van der Waals surface area contributed by atoms with E-state index in [4.69, 9.17) is 0 Å². The number of hydrogen-bond acceptors (Lipinski definition) is 3. The van der Waals surface area contributed by atoms with Crippen LogP contribution in [0.5, 0.6) is 0 Å².